The van der Waals surface area contributed by atoms with E-state index in [1.807, 2.05) is 0 Å². The first kappa shape index (κ1) is 9.32. The Morgan fingerprint density at radius 2 is 2.00 bits per heavy atom. The van der Waals surface area contributed by atoms with E-state index < -0.39 is 17.6 Å². The number of nitriles is 1. The van der Waals surface area contributed by atoms with Crippen LogP contribution < -0.4 is 0 Å². The summed E-state index contributed by atoms with van der Waals surface area (Å²) in [7, 11) is 0. The minimum atomic E-state index is -4.74. The zero-order valence-electron chi connectivity index (χ0n) is 6.13. The van der Waals surface area contributed by atoms with Crippen molar-refractivity contribution >= 4 is 0 Å². The van der Waals surface area contributed by atoms with Crippen molar-refractivity contribution in [2.24, 2.45) is 0 Å². The Bertz CT molecular complexity index is 367. The van der Waals surface area contributed by atoms with Gasteiger partial charge in [0, 0.05) is 0 Å². The molecule has 0 bridgehead atoms. The largest absolute Gasteiger partial charge is 0.506 e. The molecule has 0 unspecified atom stereocenters. The standard InChI is InChI=1S/C7H3F3N2O/c8-7(9,10)6-5(13)2-1-4(3-11)12-6/h1-2,13H. The lowest BCUT2D eigenvalue weighted by Crippen LogP contribution is -2.08. The van der Waals surface area contributed by atoms with E-state index in [9.17, 15) is 13.2 Å². The maximum atomic E-state index is 12.0. The molecule has 0 amide bonds. The number of hydrogen-bond donors (Lipinski definition) is 1. The van der Waals surface area contributed by atoms with Gasteiger partial charge in [-0.25, -0.2) is 4.98 Å². The van der Waals surface area contributed by atoms with Crippen LogP contribution in [0.5, 0.6) is 5.75 Å². The molecule has 3 nitrogen and oxygen atoms in total. The van der Waals surface area contributed by atoms with Gasteiger partial charge in [-0.2, -0.15) is 18.4 Å². The van der Waals surface area contributed by atoms with Gasteiger partial charge in [0.15, 0.2) is 5.69 Å². The normalized spacial score (nSPS) is 10.9. The average Bonchev–Trinajstić information content (AvgIpc) is 2.03. The number of alkyl halides is 3. The summed E-state index contributed by atoms with van der Waals surface area (Å²) in [5.41, 5.74) is -1.82. The molecule has 1 aromatic rings. The summed E-state index contributed by atoms with van der Waals surface area (Å²) in [6, 6.07) is 3.24. The first-order valence-corrected chi connectivity index (χ1v) is 3.12. The van der Waals surface area contributed by atoms with Crippen LogP contribution in [0.25, 0.3) is 0 Å². The highest BCUT2D eigenvalue weighted by Crippen LogP contribution is 2.33. The van der Waals surface area contributed by atoms with Crippen molar-refractivity contribution in [1.29, 1.82) is 5.26 Å². The van der Waals surface area contributed by atoms with Gasteiger partial charge in [0.05, 0.1) is 0 Å². The molecule has 1 rings (SSSR count). The fraction of sp³-hybridized carbons (Fsp3) is 0.143. The molecular formula is C7H3F3N2O. The van der Waals surface area contributed by atoms with Crippen LogP contribution in [-0.4, -0.2) is 10.1 Å². The average molecular weight is 188 g/mol. The van der Waals surface area contributed by atoms with E-state index in [1.54, 1.807) is 0 Å². The lowest BCUT2D eigenvalue weighted by molar-refractivity contribution is -0.142. The van der Waals surface area contributed by atoms with E-state index in [0.29, 0.717) is 0 Å². The molecule has 0 saturated heterocycles. The minimum Gasteiger partial charge on any atom is -0.506 e. The fourth-order valence-corrected chi connectivity index (χ4v) is 0.723. The van der Waals surface area contributed by atoms with E-state index in [0.717, 1.165) is 12.1 Å². The van der Waals surface area contributed by atoms with Crippen LogP contribution in [0, 0.1) is 11.3 Å². The van der Waals surface area contributed by atoms with Crippen molar-refractivity contribution in [3.05, 3.63) is 23.5 Å². The smallest absolute Gasteiger partial charge is 0.437 e. The minimum absolute atomic E-state index is 0.384. The van der Waals surface area contributed by atoms with Crippen molar-refractivity contribution in [3.63, 3.8) is 0 Å². The Morgan fingerprint density at radius 1 is 1.38 bits per heavy atom. The Labute approximate surface area is 71.1 Å². The zero-order chi connectivity index (χ0) is 10.1. The number of halogens is 3. The monoisotopic (exact) mass is 188 g/mol. The number of aromatic hydroxyl groups is 1. The maximum absolute atomic E-state index is 12.0. The topological polar surface area (TPSA) is 56.9 Å². The fourth-order valence-electron chi connectivity index (χ4n) is 0.723. The van der Waals surface area contributed by atoms with Gasteiger partial charge in [-0.1, -0.05) is 0 Å². The molecule has 0 aliphatic rings. The van der Waals surface area contributed by atoms with Gasteiger partial charge in [0.25, 0.3) is 0 Å². The predicted octanol–water partition coefficient (Wildman–Crippen LogP) is 1.68. The SMILES string of the molecule is N#Cc1ccc(O)c(C(F)(F)F)n1. The van der Waals surface area contributed by atoms with Crippen LogP contribution in [0.15, 0.2) is 12.1 Å². The van der Waals surface area contributed by atoms with Crippen molar-refractivity contribution in [3.8, 4) is 11.8 Å². The number of pyridine rings is 1. The molecule has 1 aromatic heterocycles. The second kappa shape index (κ2) is 2.94. The summed E-state index contributed by atoms with van der Waals surface area (Å²) in [6.07, 6.45) is -4.74. The molecule has 0 spiro atoms. The van der Waals surface area contributed by atoms with Crippen LogP contribution in [0.3, 0.4) is 0 Å². The summed E-state index contributed by atoms with van der Waals surface area (Å²) in [5, 5.41) is 17.0. The van der Waals surface area contributed by atoms with Crippen LogP contribution >= 0.6 is 0 Å². The molecule has 0 aliphatic carbocycles. The number of aromatic nitrogens is 1. The van der Waals surface area contributed by atoms with Gasteiger partial charge in [-0.15, -0.1) is 0 Å². The van der Waals surface area contributed by atoms with Gasteiger partial charge in [-0.3, -0.25) is 0 Å². The zero-order valence-corrected chi connectivity index (χ0v) is 6.13. The molecule has 1 N–H and O–H groups in total. The highest BCUT2D eigenvalue weighted by Gasteiger charge is 2.36. The third kappa shape index (κ3) is 1.87. The first-order valence-electron chi connectivity index (χ1n) is 3.12. The van der Waals surface area contributed by atoms with Crippen molar-refractivity contribution in [2.75, 3.05) is 0 Å². The lowest BCUT2D eigenvalue weighted by atomic mass is 10.3. The molecule has 0 aromatic carbocycles. The molecule has 1 heterocycles. The molecule has 13 heavy (non-hydrogen) atoms. The van der Waals surface area contributed by atoms with Gasteiger partial charge in [-0.05, 0) is 12.1 Å². The lowest BCUT2D eigenvalue weighted by Gasteiger charge is -2.06. The van der Waals surface area contributed by atoms with Crippen LogP contribution in [0.2, 0.25) is 0 Å². The van der Waals surface area contributed by atoms with Crippen LogP contribution in [-0.2, 0) is 6.18 Å². The quantitative estimate of drug-likeness (QED) is 0.673. The molecule has 0 aliphatic heterocycles. The Balaban J connectivity index is 3.29. The second-order valence-electron chi connectivity index (χ2n) is 2.17. The molecule has 6 heteroatoms. The Morgan fingerprint density at radius 3 is 2.46 bits per heavy atom. The van der Waals surface area contributed by atoms with E-state index in [4.69, 9.17) is 10.4 Å². The van der Waals surface area contributed by atoms with Crippen molar-refractivity contribution in [2.45, 2.75) is 6.18 Å². The summed E-state index contributed by atoms with van der Waals surface area (Å²) < 4.78 is 36.1. The second-order valence-corrected chi connectivity index (χ2v) is 2.17. The number of rotatable bonds is 0. The van der Waals surface area contributed by atoms with Crippen molar-refractivity contribution in [1.82, 2.24) is 4.98 Å². The summed E-state index contributed by atoms with van der Waals surface area (Å²) in [5.74, 6) is -0.980. The van der Waals surface area contributed by atoms with E-state index in [-0.39, 0.29) is 5.69 Å². The summed E-state index contributed by atoms with van der Waals surface area (Å²) >= 11 is 0. The highest BCUT2D eigenvalue weighted by atomic mass is 19.4. The third-order valence-electron chi connectivity index (χ3n) is 1.26. The van der Waals surface area contributed by atoms with E-state index in [1.165, 1.54) is 6.07 Å². The van der Waals surface area contributed by atoms with Gasteiger partial charge >= 0.3 is 6.18 Å². The summed E-state index contributed by atoms with van der Waals surface area (Å²) in [4.78, 5) is 2.93. The van der Waals surface area contributed by atoms with E-state index in [2.05, 4.69) is 4.98 Å². The maximum Gasteiger partial charge on any atom is 0.437 e. The number of nitrogens with zero attached hydrogens (tertiary/aromatic N) is 2. The molecule has 0 saturated carbocycles. The van der Waals surface area contributed by atoms with Crippen molar-refractivity contribution < 1.29 is 18.3 Å². The predicted molar refractivity (Wildman–Crippen MR) is 35.6 cm³/mol. The number of hydrogen-bond acceptors (Lipinski definition) is 3. The summed E-state index contributed by atoms with van der Waals surface area (Å²) in [6.45, 7) is 0. The van der Waals surface area contributed by atoms with Gasteiger partial charge in [0.1, 0.15) is 17.5 Å². The first-order chi connectivity index (χ1) is 5.95. The molecule has 68 valence electrons. The molecule has 0 fully saturated rings. The van der Waals surface area contributed by atoms with Gasteiger partial charge in [0.2, 0.25) is 0 Å². The highest BCUT2D eigenvalue weighted by molar-refractivity contribution is 5.33. The molecule has 0 atom stereocenters. The molecular weight excluding hydrogens is 185 g/mol. The molecule has 0 radical (unpaired) electrons. The Hall–Kier alpha value is -1.77. The Kier molecular flexibility index (Phi) is 2.10. The van der Waals surface area contributed by atoms with Gasteiger partial charge < -0.3 is 5.11 Å². The van der Waals surface area contributed by atoms with Crippen LogP contribution in [0.4, 0.5) is 13.2 Å². The third-order valence-corrected chi connectivity index (χ3v) is 1.26. The van der Waals surface area contributed by atoms with Crippen LogP contribution in [0.1, 0.15) is 11.4 Å². The van der Waals surface area contributed by atoms with E-state index >= 15 is 0 Å².